The fourth-order valence-electron chi connectivity index (χ4n) is 2.23. The number of carbonyl (C=O) groups is 1. The highest BCUT2D eigenvalue weighted by Crippen LogP contribution is 2.21. The van der Waals surface area contributed by atoms with Crippen molar-refractivity contribution in [3.8, 4) is 0 Å². The van der Waals surface area contributed by atoms with Crippen molar-refractivity contribution >= 4 is 16.8 Å². The first-order chi connectivity index (χ1) is 9.29. The quantitative estimate of drug-likeness (QED) is 0.672. The van der Waals surface area contributed by atoms with Crippen molar-refractivity contribution in [2.45, 2.75) is 19.9 Å². The third kappa shape index (κ3) is 2.05. The SMILES string of the molecule is CCc1nccn1CC(=O)c1coc2ccccc12. The maximum atomic E-state index is 12.3. The summed E-state index contributed by atoms with van der Waals surface area (Å²) >= 11 is 0. The Labute approximate surface area is 110 Å². The summed E-state index contributed by atoms with van der Waals surface area (Å²) in [7, 11) is 0. The van der Waals surface area contributed by atoms with Gasteiger partial charge >= 0.3 is 0 Å². The number of benzene rings is 1. The summed E-state index contributed by atoms with van der Waals surface area (Å²) in [5.41, 5.74) is 1.37. The Balaban J connectivity index is 1.92. The van der Waals surface area contributed by atoms with Crippen molar-refractivity contribution in [1.82, 2.24) is 9.55 Å². The van der Waals surface area contributed by atoms with E-state index in [2.05, 4.69) is 4.98 Å². The number of Topliss-reactive ketones (excluding diaryl/α,β-unsaturated/α-hetero) is 1. The number of furan rings is 1. The van der Waals surface area contributed by atoms with E-state index in [-0.39, 0.29) is 5.78 Å². The fourth-order valence-corrected chi connectivity index (χ4v) is 2.23. The van der Waals surface area contributed by atoms with Gasteiger partial charge in [-0.15, -0.1) is 0 Å². The van der Waals surface area contributed by atoms with Crippen LogP contribution < -0.4 is 0 Å². The zero-order valence-corrected chi connectivity index (χ0v) is 10.7. The van der Waals surface area contributed by atoms with Gasteiger partial charge in [0.05, 0.1) is 12.1 Å². The number of imidazole rings is 1. The summed E-state index contributed by atoms with van der Waals surface area (Å²) in [5.74, 6) is 0.957. The van der Waals surface area contributed by atoms with Crippen LogP contribution >= 0.6 is 0 Å². The first-order valence-electron chi connectivity index (χ1n) is 6.29. The Hall–Kier alpha value is -2.36. The number of hydrogen-bond acceptors (Lipinski definition) is 3. The normalized spacial score (nSPS) is 11.0. The average molecular weight is 254 g/mol. The van der Waals surface area contributed by atoms with Crippen molar-refractivity contribution in [1.29, 1.82) is 0 Å². The fraction of sp³-hybridized carbons (Fsp3) is 0.200. The topological polar surface area (TPSA) is 48.0 Å². The minimum absolute atomic E-state index is 0.0395. The standard InChI is InChI=1S/C15H14N2O2/c1-2-15-16-7-8-17(15)9-13(18)12-10-19-14-6-4-3-5-11(12)14/h3-8,10H,2,9H2,1H3. The molecule has 2 aromatic heterocycles. The van der Waals surface area contributed by atoms with Gasteiger partial charge in [-0.1, -0.05) is 25.1 Å². The van der Waals surface area contributed by atoms with Gasteiger partial charge in [0.15, 0.2) is 5.78 Å². The monoisotopic (exact) mass is 254 g/mol. The number of para-hydroxylation sites is 1. The van der Waals surface area contributed by atoms with Gasteiger partial charge in [0, 0.05) is 24.2 Å². The first kappa shape index (κ1) is 11.7. The van der Waals surface area contributed by atoms with Crippen LogP contribution in [0.4, 0.5) is 0 Å². The molecule has 0 saturated heterocycles. The lowest BCUT2D eigenvalue weighted by atomic mass is 10.1. The predicted octanol–water partition coefficient (Wildman–Crippen LogP) is 3.07. The molecular weight excluding hydrogens is 240 g/mol. The van der Waals surface area contributed by atoms with E-state index in [0.29, 0.717) is 12.1 Å². The molecule has 0 bridgehead atoms. The maximum absolute atomic E-state index is 12.3. The lowest BCUT2D eigenvalue weighted by molar-refractivity contribution is 0.0972. The molecule has 0 unspecified atom stereocenters. The Morgan fingerprint density at radius 1 is 1.37 bits per heavy atom. The molecule has 4 heteroatoms. The van der Waals surface area contributed by atoms with Crippen LogP contribution in [-0.2, 0) is 13.0 Å². The molecule has 0 fully saturated rings. The highest BCUT2D eigenvalue weighted by Gasteiger charge is 2.14. The Kier molecular flexibility index (Phi) is 2.91. The van der Waals surface area contributed by atoms with Gasteiger partial charge in [-0.2, -0.15) is 0 Å². The molecule has 0 atom stereocenters. The Morgan fingerprint density at radius 2 is 2.21 bits per heavy atom. The van der Waals surface area contributed by atoms with Gasteiger partial charge in [0.1, 0.15) is 17.7 Å². The molecule has 0 aliphatic rings. The van der Waals surface area contributed by atoms with E-state index in [0.717, 1.165) is 23.2 Å². The van der Waals surface area contributed by atoms with Crippen molar-refractivity contribution in [2.75, 3.05) is 0 Å². The lowest BCUT2D eigenvalue weighted by Gasteiger charge is -2.04. The molecule has 3 rings (SSSR count). The largest absolute Gasteiger partial charge is 0.464 e. The van der Waals surface area contributed by atoms with Gasteiger partial charge < -0.3 is 8.98 Å². The Bertz CT molecular complexity index is 724. The van der Waals surface area contributed by atoms with Crippen LogP contribution in [-0.4, -0.2) is 15.3 Å². The molecule has 0 amide bonds. The number of hydrogen-bond donors (Lipinski definition) is 0. The second-order valence-corrected chi connectivity index (χ2v) is 4.39. The van der Waals surface area contributed by atoms with Gasteiger partial charge in [0.25, 0.3) is 0 Å². The molecule has 0 aliphatic heterocycles. The summed E-state index contributed by atoms with van der Waals surface area (Å²) in [4.78, 5) is 16.6. The molecule has 2 heterocycles. The predicted molar refractivity (Wildman–Crippen MR) is 72.1 cm³/mol. The molecule has 96 valence electrons. The Morgan fingerprint density at radius 3 is 3.05 bits per heavy atom. The highest BCUT2D eigenvalue weighted by molar-refractivity contribution is 6.06. The second-order valence-electron chi connectivity index (χ2n) is 4.39. The zero-order valence-electron chi connectivity index (χ0n) is 10.7. The maximum Gasteiger partial charge on any atom is 0.186 e. The van der Waals surface area contributed by atoms with Crippen LogP contribution in [0.1, 0.15) is 23.1 Å². The van der Waals surface area contributed by atoms with Crippen LogP contribution in [0.15, 0.2) is 47.3 Å². The van der Waals surface area contributed by atoms with Crippen molar-refractivity contribution in [3.63, 3.8) is 0 Å². The molecule has 4 nitrogen and oxygen atoms in total. The number of nitrogens with zero attached hydrogens (tertiary/aromatic N) is 2. The van der Waals surface area contributed by atoms with Gasteiger partial charge in [-0.25, -0.2) is 4.98 Å². The van der Waals surface area contributed by atoms with Gasteiger partial charge in [-0.05, 0) is 6.07 Å². The zero-order chi connectivity index (χ0) is 13.2. The summed E-state index contributed by atoms with van der Waals surface area (Å²) in [5, 5.41) is 0.866. The molecular formula is C15H14N2O2. The van der Waals surface area contributed by atoms with E-state index in [1.54, 1.807) is 6.20 Å². The van der Waals surface area contributed by atoms with E-state index < -0.39 is 0 Å². The molecule has 0 spiro atoms. The van der Waals surface area contributed by atoms with E-state index >= 15 is 0 Å². The van der Waals surface area contributed by atoms with Crippen molar-refractivity contribution in [3.05, 3.63) is 54.3 Å². The van der Waals surface area contributed by atoms with Gasteiger partial charge in [-0.3, -0.25) is 4.79 Å². The van der Waals surface area contributed by atoms with E-state index in [9.17, 15) is 4.79 Å². The number of aryl methyl sites for hydroxylation is 1. The number of rotatable bonds is 4. The minimum atomic E-state index is 0.0395. The third-order valence-electron chi connectivity index (χ3n) is 3.21. The molecule has 0 saturated carbocycles. The van der Waals surface area contributed by atoms with Gasteiger partial charge in [0.2, 0.25) is 0 Å². The molecule has 0 aliphatic carbocycles. The average Bonchev–Trinajstić information content (AvgIpc) is 3.04. The summed E-state index contributed by atoms with van der Waals surface area (Å²) < 4.78 is 7.28. The van der Waals surface area contributed by atoms with Crippen LogP contribution in [0.5, 0.6) is 0 Å². The van der Waals surface area contributed by atoms with Crippen molar-refractivity contribution in [2.24, 2.45) is 0 Å². The first-order valence-corrected chi connectivity index (χ1v) is 6.29. The second kappa shape index (κ2) is 4.72. The third-order valence-corrected chi connectivity index (χ3v) is 3.21. The minimum Gasteiger partial charge on any atom is -0.464 e. The smallest absolute Gasteiger partial charge is 0.186 e. The van der Waals surface area contributed by atoms with E-state index in [1.807, 2.05) is 42.0 Å². The van der Waals surface area contributed by atoms with Crippen LogP contribution in [0.25, 0.3) is 11.0 Å². The number of carbonyl (C=O) groups excluding carboxylic acids is 1. The molecule has 0 N–H and O–H groups in total. The molecule has 0 radical (unpaired) electrons. The highest BCUT2D eigenvalue weighted by atomic mass is 16.3. The number of ketones is 1. The summed E-state index contributed by atoms with van der Waals surface area (Å²) in [6.45, 7) is 2.32. The van der Waals surface area contributed by atoms with Crippen LogP contribution in [0.3, 0.4) is 0 Å². The molecule has 1 aromatic carbocycles. The number of fused-ring (bicyclic) bond motifs is 1. The van der Waals surface area contributed by atoms with Crippen LogP contribution in [0, 0.1) is 0 Å². The lowest BCUT2D eigenvalue weighted by Crippen LogP contribution is -2.11. The van der Waals surface area contributed by atoms with E-state index in [4.69, 9.17) is 4.42 Å². The molecule has 3 aromatic rings. The van der Waals surface area contributed by atoms with E-state index in [1.165, 1.54) is 6.26 Å². The summed E-state index contributed by atoms with van der Waals surface area (Å²) in [6.07, 6.45) is 5.90. The number of aromatic nitrogens is 2. The molecule has 19 heavy (non-hydrogen) atoms. The van der Waals surface area contributed by atoms with Crippen LogP contribution in [0.2, 0.25) is 0 Å². The summed E-state index contributed by atoms with van der Waals surface area (Å²) in [6, 6.07) is 7.57. The van der Waals surface area contributed by atoms with Crippen molar-refractivity contribution < 1.29 is 9.21 Å².